The van der Waals surface area contributed by atoms with E-state index in [4.69, 9.17) is 9.15 Å². The van der Waals surface area contributed by atoms with Crippen LogP contribution in [0.4, 0.5) is 0 Å². The Labute approximate surface area is 168 Å². The molecule has 29 heavy (non-hydrogen) atoms. The first kappa shape index (κ1) is 18.8. The van der Waals surface area contributed by atoms with Crippen molar-refractivity contribution in [1.82, 2.24) is 4.57 Å². The molecule has 2 aromatic heterocycles. The highest BCUT2D eigenvalue weighted by molar-refractivity contribution is 7.16. The fourth-order valence-electron chi connectivity index (χ4n) is 2.95. The third-order valence-electron chi connectivity index (χ3n) is 4.22. The molecule has 0 aliphatic rings. The molecule has 0 bridgehead atoms. The van der Waals surface area contributed by atoms with Crippen LogP contribution in [0.1, 0.15) is 17.5 Å². The van der Waals surface area contributed by atoms with E-state index in [1.807, 2.05) is 24.3 Å². The molecule has 0 saturated carbocycles. The van der Waals surface area contributed by atoms with Crippen molar-refractivity contribution >= 4 is 44.4 Å². The molecule has 0 unspecified atom stereocenters. The van der Waals surface area contributed by atoms with E-state index >= 15 is 0 Å². The smallest absolute Gasteiger partial charge is 0.326 e. The van der Waals surface area contributed by atoms with Crippen molar-refractivity contribution in [3.8, 4) is 0 Å². The summed E-state index contributed by atoms with van der Waals surface area (Å²) in [5.74, 6) is -1.28. The number of hydrogen-bond acceptors (Lipinski definition) is 6. The van der Waals surface area contributed by atoms with Gasteiger partial charge in [-0.1, -0.05) is 35.6 Å². The maximum atomic E-state index is 12.7. The predicted octanol–water partition coefficient (Wildman–Crippen LogP) is 3.11. The predicted molar refractivity (Wildman–Crippen MR) is 109 cm³/mol. The summed E-state index contributed by atoms with van der Waals surface area (Å²) in [5.41, 5.74) is 0.757. The fraction of sp³-hybridized carbons (Fsp3) is 0.143. The SMILES string of the molecule is CCOC(=O)Cn1c(=NC(=O)c2cc(=O)c3ccccc3o2)sc2ccccc21. The molecule has 0 atom stereocenters. The zero-order chi connectivity index (χ0) is 20.4. The topological polar surface area (TPSA) is 90.9 Å². The lowest BCUT2D eigenvalue weighted by Gasteiger charge is -2.05. The molecule has 0 N–H and O–H groups in total. The Morgan fingerprint density at radius 2 is 1.90 bits per heavy atom. The lowest BCUT2D eigenvalue weighted by Crippen LogP contribution is -2.23. The van der Waals surface area contributed by atoms with Crippen molar-refractivity contribution < 1.29 is 18.7 Å². The van der Waals surface area contributed by atoms with E-state index in [0.717, 1.165) is 16.3 Å². The van der Waals surface area contributed by atoms with Gasteiger partial charge < -0.3 is 13.7 Å². The van der Waals surface area contributed by atoms with Crippen molar-refractivity contribution in [2.45, 2.75) is 13.5 Å². The van der Waals surface area contributed by atoms with E-state index in [2.05, 4.69) is 4.99 Å². The third kappa shape index (κ3) is 3.74. The summed E-state index contributed by atoms with van der Waals surface area (Å²) in [4.78, 5) is 41.5. The van der Waals surface area contributed by atoms with Gasteiger partial charge >= 0.3 is 11.9 Å². The second-order valence-electron chi connectivity index (χ2n) is 6.13. The number of aromatic nitrogens is 1. The first-order valence-corrected chi connectivity index (χ1v) is 9.74. The molecule has 0 spiro atoms. The molecule has 8 heteroatoms. The zero-order valence-electron chi connectivity index (χ0n) is 15.5. The molecule has 2 heterocycles. The van der Waals surface area contributed by atoms with Crippen LogP contribution < -0.4 is 10.2 Å². The zero-order valence-corrected chi connectivity index (χ0v) is 16.3. The van der Waals surface area contributed by atoms with Gasteiger partial charge in [0.2, 0.25) is 0 Å². The number of hydrogen-bond donors (Lipinski definition) is 0. The molecular formula is C21H16N2O5S. The normalized spacial score (nSPS) is 11.8. The summed E-state index contributed by atoms with van der Waals surface area (Å²) in [5, 5.41) is 0.392. The van der Waals surface area contributed by atoms with Crippen LogP contribution in [0.25, 0.3) is 21.2 Å². The minimum atomic E-state index is -0.697. The molecule has 0 radical (unpaired) electrons. The van der Waals surface area contributed by atoms with Gasteiger partial charge in [0.05, 0.1) is 22.2 Å². The number of carbonyl (C=O) groups excluding carboxylic acids is 2. The maximum absolute atomic E-state index is 12.7. The number of nitrogens with zero attached hydrogens (tertiary/aromatic N) is 2. The summed E-state index contributed by atoms with van der Waals surface area (Å²) < 4.78 is 13.1. The van der Waals surface area contributed by atoms with Crippen LogP contribution in [0.5, 0.6) is 0 Å². The highest BCUT2D eigenvalue weighted by Crippen LogP contribution is 2.17. The molecule has 146 valence electrons. The van der Waals surface area contributed by atoms with Crippen LogP contribution in [0, 0.1) is 0 Å². The molecule has 1 amide bonds. The van der Waals surface area contributed by atoms with E-state index in [1.54, 1.807) is 35.8 Å². The summed E-state index contributed by atoms with van der Waals surface area (Å²) in [6.45, 7) is 1.91. The Morgan fingerprint density at radius 3 is 2.72 bits per heavy atom. The van der Waals surface area contributed by atoms with Crippen LogP contribution >= 0.6 is 11.3 Å². The minimum absolute atomic E-state index is 0.0777. The van der Waals surface area contributed by atoms with Gasteiger partial charge in [-0.2, -0.15) is 4.99 Å². The van der Waals surface area contributed by atoms with Crippen molar-refractivity contribution in [2.75, 3.05) is 6.61 Å². The van der Waals surface area contributed by atoms with Gasteiger partial charge in [-0.25, -0.2) is 0 Å². The number of carbonyl (C=O) groups is 2. The molecule has 0 aliphatic carbocycles. The Kier molecular flexibility index (Phi) is 5.09. The standard InChI is InChI=1S/C21H16N2O5S/c1-2-27-19(25)12-23-14-8-4-6-10-18(14)29-21(23)22-20(26)17-11-15(24)13-7-3-5-9-16(13)28-17/h3-11H,2,12H2,1H3. The summed E-state index contributed by atoms with van der Waals surface area (Å²) in [6, 6.07) is 15.2. The molecular weight excluding hydrogens is 392 g/mol. The number of benzene rings is 2. The maximum Gasteiger partial charge on any atom is 0.326 e. The quantitative estimate of drug-likeness (QED) is 0.484. The van der Waals surface area contributed by atoms with Crippen LogP contribution in [0.3, 0.4) is 0 Å². The number of rotatable bonds is 4. The van der Waals surface area contributed by atoms with E-state index in [1.165, 1.54) is 11.3 Å². The van der Waals surface area contributed by atoms with E-state index < -0.39 is 11.9 Å². The Morgan fingerprint density at radius 1 is 1.14 bits per heavy atom. The third-order valence-corrected chi connectivity index (χ3v) is 5.28. The first-order chi connectivity index (χ1) is 14.1. The number of para-hydroxylation sites is 2. The van der Waals surface area contributed by atoms with Gasteiger partial charge in [0.25, 0.3) is 0 Å². The average Bonchev–Trinajstić information content (AvgIpc) is 3.05. The van der Waals surface area contributed by atoms with E-state index in [9.17, 15) is 14.4 Å². The minimum Gasteiger partial charge on any atom is -0.465 e. The average molecular weight is 408 g/mol. The lowest BCUT2D eigenvalue weighted by molar-refractivity contribution is -0.143. The number of amides is 1. The largest absolute Gasteiger partial charge is 0.465 e. The van der Waals surface area contributed by atoms with Crippen molar-refractivity contribution in [2.24, 2.45) is 4.99 Å². The second-order valence-corrected chi connectivity index (χ2v) is 7.14. The molecule has 7 nitrogen and oxygen atoms in total. The van der Waals surface area contributed by atoms with Crippen LogP contribution in [-0.2, 0) is 16.1 Å². The van der Waals surface area contributed by atoms with Gasteiger partial charge in [0, 0.05) is 6.07 Å². The molecule has 2 aromatic carbocycles. The summed E-state index contributed by atoms with van der Waals surface area (Å²) in [7, 11) is 0. The van der Waals surface area contributed by atoms with Gasteiger partial charge in [0.15, 0.2) is 16.0 Å². The Hall–Kier alpha value is -3.52. The number of fused-ring (bicyclic) bond motifs is 2. The molecule has 0 aliphatic heterocycles. The van der Waals surface area contributed by atoms with Crippen molar-refractivity contribution in [3.63, 3.8) is 0 Å². The first-order valence-electron chi connectivity index (χ1n) is 8.93. The molecule has 0 saturated heterocycles. The van der Waals surface area contributed by atoms with Crippen molar-refractivity contribution in [1.29, 1.82) is 0 Å². The summed E-state index contributed by atoms with van der Waals surface area (Å²) >= 11 is 1.26. The Balaban J connectivity index is 1.82. The van der Waals surface area contributed by atoms with Gasteiger partial charge in [-0.3, -0.25) is 14.4 Å². The molecule has 4 rings (SSSR count). The van der Waals surface area contributed by atoms with Crippen LogP contribution in [-0.4, -0.2) is 23.1 Å². The highest BCUT2D eigenvalue weighted by atomic mass is 32.1. The molecule has 0 fully saturated rings. The van der Waals surface area contributed by atoms with Crippen molar-refractivity contribution in [3.05, 3.63) is 75.4 Å². The van der Waals surface area contributed by atoms with Gasteiger partial charge in [-0.15, -0.1) is 0 Å². The fourth-order valence-corrected chi connectivity index (χ4v) is 3.97. The number of ether oxygens (including phenoxy) is 1. The lowest BCUT2D eigenvalue weighted by atomic mass is 10.2. The monoisotopic (exact) mass is 408 g/mol. The van der Waals surface area contributed by atoms with E-state index in [-0.39, 0.29) is 24.3 Å². The highest BCUT2D eigenvalue weighted by Gasteiger charge is 2.15. The van der Waals surface area contributed by atoms with Crippen LogP contribution in [0.15, 0.2) is 68.8 Å². The molecule has 4 aromatic rings. The summed E-state index contributed by atoms with van der Waals surface area (Å²) in [6.07, 6.45) is 0. The second kappa shape index (κ2) is 7.84. The van der Waals surface area contributed by atoms with Gasteiger partial charge in [0.1, 0.15) is 12.1 Å². The Bertz CT molecular complexity index is 1360. The van der Waals surface area contributed by atoms with E-state index in [0.29, 0.717) is 15.8 Å². The van der Waals surface area contributed by atoms with Gasteiger partial charge in [-0.05, 0) is 31.2 Å². The number of esters is 1. The van der Waals surface area contributed by atoms with Crippen LogP contribution in [0.2, 0.25) is 0 Å². The number of thiazole rings is 1.